The van der Waals surface area contributed by atoms with Crippen molar-refractivity contribution in [1.29, 1.82) is 0 Å². The minimum atomic E-state index is -0.712. The highest BCUT2D eigenvalue weighted by Gasteiger charge is 2.25. The Bertz CT molecular complexity index is 484. The highest BCUT2D eigenvalue weighted by atomic mass is 16.6. The standard InChI is InChI=1S/C14H20N2O4/c1-10(17)11-3-4-13(14(9-11)16(18)19)15(2)12-5-7-20-8-6-12/h3-4,9-10,12,17H,5-8H2,1-2H3/t10-/m0/s1. The Kier molecular flexibility index (Phi) is 4.57. The Labute approximate surface area is 118 Å². The van der Waals surface area contributed by atoms with Crippen LogP contribution in [0.4, 0.5) is 11.4 Å². The average molecular weight is 280 g/mol. The molecular formula is C14H20N2O4. The topological polar surface area (TPSA) is 75.8 Å². The van der Waals surface area contributed by atoms with Crippen molar-refractivity contribution in [2.45, 2.75) is 31.9 Å². The van der Waals surface area contributed by atoms with E-state index in [1.54, 1.807) is 19.1 Å². The van der Waals surface area contributed by atoms with Crippen molar-refractivity contribution in [2.24, 2.45) is 0 Å². The van der Waals surface area contributed by atoms with Crippen LogP contribution < -0.4 is 4.90 Å². The second-order valence-electron chi connectivity index (χ2n) is 5.14. The fraction of sp³-hybridized carbons (Fsp3) is 0.571. The number of aliphatic hydroxyl groups excluding tert-OH is 1. The van der Waals surface area contributed by atoms with Gasteiger partial charge in [0, 0.05) is 32.4 Å². The number of hydrogen-bond donors (Lipinski definition) is 1. The summed E-state index contributed by atoms with van der Waals surface area (Å²) in [6.45, 7) is 2.98. The SMILES string of the molecule is C[C@H](O)c1ccc(N(C)C2CCOCC2)c([N+](=O)[O-])c1. The zero-order valence-corrected chi connectivity index (χ0v) is 11.8. The number of aliphatic hydroxyl groups is 1. The quantitative estimate of drug-likeness (QED) is 0.676. The van der Waals surface area contributed by atoms with Gasteiger partial charge in [0.2, 0.25) is 0 Å². The first kappa shape index (κ1) is 14.7. The van der Waals surface area contributed by atoms with E-state index in [0.29, 0.717) is 24.5 Å². The molecule has 1 N–H and O–H groups in total. The van der Waals surface area contributed by atoms with Gasteiger partial charge >= 0.3 is 0 Å². The fourth-order valence-corrected chi connectivity index (χ4v) is 2.51. The number of nitrogens with zero attached hydrogens (tertiary/aromatic N) is 2. The first-order valence-corrected chi connectivity index (χ1v) is 6.77. The summed E-state index contributed by atoms with van der Waals surface area (Å²) in [6.07, 6.45) is 1.02. The van der Waals surface area contributed by atoms with Crippen LogP contribution in [0, 0.1) is 10.1 Å². The number of nitro groups is 1. The highest BCUT2D eigenvalue weighted by molar-refractivity contribution is 5.64. The van der Waals surface area contributed by atoms with Gasteiger partial charge in [-0.15, -0.1) is 0 Å². The molecule has 0 saturated carbocycles. The fourth-order valence-electron chi connectivity index (χ4n) is 2.51. The molecule has 1 fully saturated rings. The Morgan fingerprint density at radius 2 is 2.10 bits per heavy atom. The maximum atomic E-state index is 11.3. The van der Waals surface area contributed by atoms with Gasteiger partial charge in [0.15, 0.2) is 0 Å². The third-order valence-electron chi connectivity index (χ3n) is 3.80. The number of anilines is 1. The minimum Gasteiger partial charge on any atom is -0.389 e. The summed E-state index contributed by atoms with van der Waals surface area (Å²) in [5.41, 5.74) is 1.18. The maximum absolute atomic E-state index is 11.3. The second-order valence-corrected chi connectivity index (χ2v) is 5.14. The summed E-state index contributed by atoms with van der Waals surface area (Å²) in [6, 6.07) is 5.16. The Morgan fingerprint density at radius 3 is 2.65 bits per heavy atom. The van der Waals surface area contributed by atoms with Crippen molar-refractivity contribution in [3.05, 3.63) is 33.9 Å². The lowest BCUT2D eigenvalue weighted by molar-refractivity contribution is -0.384. The monoisotopic (exact) mass is 280 g/mol. The van der Waals surface area contributed by atoms with Crippen molar-refractivity contribution in [3.63, 3.8) is 0 Å². The predicted octanol–water partition coefficient (Wildman–Crippen LogP) is 2.26. The molecule has 20 heavy (non-hydrogen) atoms. The summed E-state index contributed by atoms with van der Waals surface area (Å²) in [5, 5.41) is 20.8. The van der Waals surface area contributed by atoms with Crippen LogP contribution in [0.5, 0.6) is 0 Å². The predicted molar refractivity (Wildman–Crippen MR) is 76.0 cm³/mol. The lowest BCUT2D eigenvalue weighted by atomic mass is 10.0. The largest absolute Gasteiger partial charge is 0.389 e. The van der Waals surface area contributed by atoms with E-state index in [2.05, 4.69) is 0 Å². The number of benzene rings is 1. The molecule has 0 amide bonds. The van der Waals surface area contributed by atoms with Crippen LogP contribution in [0.25, 0.3) is 0 Å². The van der Waals surface area contributed by atoms with Crippen molar-refractivity contribution < 1.29 is 14.8 Å². The lowest BCUT2D eigenvalue weighted by Crippen LogP contribution is -2.37. The molecule has 1 heterocycles. The van der Waals surface area contributed by atoms with E-state index in [9.17, 15) is 15.2 Å². The molecule has 1 aromatic rings. The van der Waals surface area contributed by atoms with Crippen LogP contribution in [0.2, 0.25) is 0 Å². The van der Waals surface area contributed by atoms with Gasteiger partial charge in [-0.05, 0) is 31.4 Å². The van der Waals surface area contributed by atoms with Crippen LogP contribution in [-0.4, -0.2) is 36.3 Å². The summed E-state index contributed by atoms with van der Waals surface area (Å²) in [7, 11) is 1.88. The average Bonchev–Trinajstić information content (AvgIpc) is 2.46. The summed E-state index contributed by atoms with van der Waals surface area (Å²) >= 11 is 0. The Hall–Kier alpha value is -1.66. The van der Waals surface area contributed by atoms with Crippen molar-refractivity contribution >= 4 is 11.4 Å². The van der Waals surface area contributed by atoms with E-state index < -0.39 is 11.0 Å². The molecule has 1 saturated heterocycles. The third kappa shape index (κ3) is 3.08. The molecular weight excluding hydrogens is 260 g/mol. The molecule has 0 spiro atoms. The molecule has 1 aliphatic heterocycles. The summed E-state index contributed by atoms with van der Waals surface area (Å²) in [4.78, 5) is 12.8. The van der Waals surface area contributed by atoms with Gasteiger partial charge in [-0.1, -0.05) is 6.07 Å². The highest BCUT2D eigenvalue weighted by Crippen LogP contribution is 2.33. The van der Waals surface area contributed by atoms with Gasteiger partial charge in [-0.3, -0.25) is 10.1 Å². The number of hydrogen-bond acceptors (Lipinski definition) is 5. The Balaban J connectivity index is 2.31. The number of rotatable bonds is 4. The molecule has 1 aromatic carbocycles. The van der Waals surface area contributed by atoms with Crippen LogP contribution in [0.3, 0.4) is 0 Å². The molecule has 6 nitrogen and oxygen atoms in total. The second kappa shape index (κ2) is 6.19. The van der Waals surface area contributed by atoms with Crippen LogP contribution in [0.15, 0.2) is 18.2 Å². The molecule has 0 radical (unpaired) electrons. The summed E-state index contributed by atoms with van der Waals surface area (Å²) in [5.74, 6) is 0. The molecule has 2 rings (SSSR count). The van der Waals surface area contributed by atoms with Gasteiger partial charge < -0.3 is 14.7 Å². The smallest absolute Gasteiger partial charge is 0.292 e. The number of nitro benzene ring substituents is 1. The van der Waals surface area contributed by atoms with Crippen molar-refractivity contribution in [3.8, 4) is 0 Å². The first-order chi connectivity index (χ1) is 9.50. The van der Waals surface area contributed by atoms with E-state index in [1.807, 2.05) is 11.9 Å². The van der Waals surface area contributed by atoms with E-state index in [4.69, 9.17) is 4.74 Å². The molecule has 0 aromatic heterocycles. The van der Waals surface area contributed by atoms with E-state index >= 15 is 0 Å². The number of ether oxygens (including phenoxy) is 1. The van der Waals surface area contributed by atoms with Crippen LogP contribution in [0.1, 0.15) is 31.4 Å². The molecule has 6 heteroatoms. The zero-order valence-electron chi connectivity index (χ0n) is 11.8. The molecule has 1 aliphatic rings. The molecule has 1 atom stereocenters. The third-order valence-corrected chi connectivity index (χ3v) is 3.80. The van der Waals surface area contributed by atoms with Gasteiger partial charge in [0.05, 0.1) is 11.0 Å². The lowest BCUT2D eigenvalue weighted by Gasteiger charge is -2.32. The van der Waals surface area contributed by atoms with Gasteiger partial charge in [0.1, 0.15) is 5.69 Å². The molecule has 0 unspecified atom stereocenters. The summed E-state index contributed by atoms with van der Waals surface area (Å²) < 4.78 is 5.32. The van der Waals surface area contributed by atoms with Crippen molar-refractivity contribution in [2.75, 3.05) is 25.2 Å². The zero-order chi connectivity index (χ0) is 14.7. The van der Waals surface area contributed by atoms with Crippen LogP contribution >= 0.6 is 0 Å². The first-order valence-electron chi connectivity index (χ1n) is 6.77. The van der Waals surface area contributed by atoms with Crippen molar-refractivity contribution in [1.82, 2.24) is 0 Å². The molecule has 0 bridgehead atoms. The maximum Gasteiger partial charge on any atom is 0.292 e. The van der Waals surface area contributed by atoms with Gasteiger partial charge in [0.25, 0.3) is 5.69 Å². The molecule has 0 aliphatic carbocycles. The van der Waals surface area contributed by atoms with E-state index in [1.165, 1.54) is 6.07 Å². The minimum absolute atomic E-state index is 0.0393. The normalized spacial score (nSPS) is 17.8. The van der Waals surface area contributed by atoms with Gasteiger partial charge in [-0.25, -0.2) is 0 Å². The van der Waals surface area contributed by atoms with Crippen LogP contribution in [-0.2, 0) is 4.74 Å². The Morgan fingerprint density at radius 1 is 1.45 bits per heavy atom. The van der Waals surface area contributed by atoms with Gasteiger partial charge in [-0.2, -0.15) is 0 Å². The molecule has 110 valence electrons. The van der Waals surface area contributed by atoms with E-state index in [-0.39, 0.29) is 11.7 Å². The van der Waals surface area contributed by atoms with E-state index in [0.717, 1.165) is 12.8 Å².